The summed E-state index contributed by atoms with van der Waals surface area (Å²) in [6.07, 6.45) is -0.304. The second-order valence-corrected chi connectivity index (χ2v) is 5.00. The van der Waals surface area contributed by atoms with Crippen molar-refractivity contribution in [2.45, 2.75) is 19.1 Å². The van der Waals surface area contributed by atoms with Gasteiger partial charge in [-0.25, -0.2) is 4.39 Å². The molecule has 1 aromatic rings. The predicted octanol–water partition coefficient (Wildman–Crippen LogP) is 0.771. The minimum absolute atomic E-state index is 0.0350. The number of hydrogen-bond acceptors (Lipinski definition) is 4. The smallest absolute Gasteiger partial charge is 0.223 e. The molecule has 0 aliphatic heterocycles. The van der Waals surface area contributed by atoms with E-state index in [2.05, 4.69) is 5.32 Å². The van der Waals surface area contributed by atoms with E-state index in [0.717, 1.165) is 0 Å². The first kappa shape index (κ1) is 17.6. The van der Waals surface area contributed by atoms with Crippen molar-refractivity contribution in [3.05, 3.63) is 35.6 Å². The van der Waals surface area contributed by atoms with Crippen LogP contribution in [0, 0.1) is 5.82 Å². The monoisotopic (exact) mass is 298 g/mol. The Kier molecular flexibility index (Phi) is 7.89. The van der Waals surface area contributed by atoms with Crippen molar-refractivity contribution in [3.63, 3.8) is 0 Å². The number of halogens is 1. The lowest BCUT2D eigenvalue weighted by molar-refractivity contribution is -0.128. The number of nitrogens with one attached hydrogen (secondary N) is 1. The van der Waals surface area contributed by atoms with Gasteiger partial charge in [-0.2, -0.15) is 0 Å². The zero-order chi connectivity index (χ0) is 15.7. The number of ether oxygens (including phenoxy) is 1. The van der Waals surface area contributed by atoms with Crippen molar-refractivity contribution in [1.82, 2.24) is 10.2 Å². The molecular formula is C15H23FN2O3. The zero-order valence-corrected chi connectivity index (χ0v) is 12.5. The Balaban J connectivity index is 2.10. The molecule has 0 fully saturated rings. The summed E-state index contributed by atoms with van der Waals surface area (Å²) in [6, 6.07) is 6.37. The highest BCUT2D eigenvalue weighted by Gasteiger charge is 2.07. The number of hydrogen-bond donors (Lipinski definition) is 2. The molecule has 0 spiro atoms. The summed E-state index contributed by atoms with van der Waals surface area (Å²) in [6.45, 7) is 1.07. The van der Waals surface area contributed by atoms with Crippen LogP contribution in [-0.4, -0.2) is 55.8 Å². The molecule has 1 aromatic carbocycles. The van der Waals surface area contributed by atoms with Crippen LogP contribution in [0.2, 0.25) is 0 Å². The van der Waals surface area contributed by atoms with Gasteiger partial charge in [-0.3, -0.25) is 4.79 Å². The number of carbonyl (C=O) groups is 1. The first-order chi connectivity index (χ1) is 10.0. The van der Waals surface area contributed by atoms with Gasteiger partial charge in [0.2, 0.25) is 5.91 Å². The van der Waals surface area contributed by atoms with E-state index in [0.29, 0.717) is 25.1 Å². The lowest BCUT2D eigenvalue weighted by atomic mass is 10.2. The predicted molar refractivity (Wildman–Crippen MR) is 78.2 cm³/mol. The maximum Gasteiger partial charge on any atom is 0.223 e. The van der Waals surface area contributed by atoms with Crippen LogP contribution in [0.5, 0.6) is 0 Å². The summed E-state index contributed by atoms with van der Waals surface area (Å²) in [7, 11) is 3.40. The third-order valence-electron chi connectivity index (χ3n) is 2.92. The van der Waals surface area contributed by atoms with Crippen LogP contribution >= 0.6 is 0 Å². The van der Waals surface area contributed by atoms with Crippen molar-refractivity contribution >= 4 is 5.91 Å². The third-order valence-corrected chi connectivity index (χ3v) is 2.92. The van der Waals surface area contributed by atoms with Gasteiger partial charge in [-0.15, -0.1) is 0 Å². The van der Waals surface area contributed by atoms with Crippen LogP contribution in [0.15, 0.2) is 24.3 Å². The standard InChI is InChI=1S/C15H23FN2O3/c1-18(2)15(20)7-8-17-9-13(19)11-21-10-12-5-3-4-6-14(12)16/h3-6,13,17,19H,7-11H2,1-2H3. The lowest BCUT2D eigenvalue weighted by Gasteiger charge is -2.14. The van der Waals surface area contributed by atoms with E-state index in [-0.39, 0.29) is 24.9 Å². The van der Waals surface area contributed by atoms with Crippen LogP contribution in [0.4, 0.5) is 4.39 Å². The van der Waals surface area contributed by atoms with E-state index in [1.807, 2.05) is 0 Å². The molecule has 0 aliphatic rings. The maximum atomic E-state index is 13.3. The van der Waals surface area contributed by atoms with Gasteiger partial charge < -0.3 is 20.1 Å². The minimum atomic E-state index is -0.689. The number of benzene rings is 1. The van der Waals surface area contributed by atoms with Crippen molar-refractivity contribution in [3.8, 4) is 0 Å². The van der Waals surface area contributed by atoms with Gasteiger partial charge in [0.05, 0.1) is 19.3 Å². The molecule has 0 radical (unpaired) electrons. The van der Waals surface area contributed by atoms with Crippen LogP contribution in [0.25, 0.3) is 0 Å². The largest absolute Gasteiger partial charge is 0.389 e. The Hall–Kier alpha value is -1.50. The molecule has 0 aromatic heterocycles. The molecule has 21 heavy (non-hydrogen) atoms. The first-order valence-corrected chi connectivity index (χ1v) is 6.90. The second kappa shape index (κ2) is 9.44. The number of aliphatic hydroxyl groups is 1. The summed E-state index contributed by atoms with van der Waals surface area (Å²) in [4.78, 5) is 12.8. The molecule has 0 bridgehead atoms. The van der Waals surface area contributed by atoms with Crippen LogP contribution < -0.4 is 5.32 Å². The molecule has 2 N–H and O–H groups in total. The fourth-order valence-corrected chi connectivity index (χ4v) is 1.67. The summed E-state index contributed by atoms with van der Waals surface area (Å²) in [5.41, 5.74) is 0.467. The molecule has 0 saturated carbocycles. The fraction of sp³-hybridized carbons (Fsp3) is 0.533. The Labute approximate surface area is 124 Å². The molecule has 118 valence electrons. The number of rotatable bonds is 9. The summed E-state index contributed by atoms with van der Waals surface area (Å²) >= 11 is 0. The summed E-state index contributed by atoms with van der Waals surface area (Å²) in [5.74, 6) is -0.278. The number of nitrogens with zero attached hydrogens (tertiary/aromatic N) is 1. The average Bonchev–Trinajstić information content (AvgIpc) is 2.45. The van der Waals surface area contributed by atoms with E-state index < -0.39 is 6.10 Å². The normalized spacial score (nSPS) is 12.2. The molecule has 0 aliphatic carbocycles. The van der Waals surface area contributed by atoms with E-state index in [1.54, 1.807) is 32.3 Å². The van der Waals surface area contributed by atoms with Gasteiger partial charge in [0, 0.05) is 39.2 Å². The SMILES string of the molecule is CN(C)C(=O)CCNCC(O)COCc1ccccc1F. The Bertz CT molecular complexity index is 441. The highest BCUT2D eigenvalue weighted by molar-refractivity contribution is 5.75. The average molecular weight is 298 g/mol. The first-order valence-electron chi connectivity index (χ1n) is 6.90. The number of amides is 1. The summed E-state index contributed by atoms with van der Waals surface area (Å²) in [5, 5.41) is 12.7. The molecule has 1 unspecified atom stereocenters. The van der Waals surface area contributed by atoms with Gasteiger partial charge >= 0.3 is 0 Å². The molecule has 6 heteroatoms. The molecule has 0 saturated heterocycles. The maximum absolute atomic E-state index is 13.3. The van der Waals surface area contributed by atoms with Gasteiger partial charge in [0.1, 0.15) is 5.82 Å². The van der Waals surface area contributed by atoms with Crippen molar-refractivity contribution in [1.29, 1.82) is 0 Å². The van der Waals surface area contributed by atoms with Crippen LogP contribution in [0.1, 0.15) is 12.0 Å². The Morgan fingerprint density at radius 1 is 1.43 bits per heavy atom. The number of aliphatic hydroxyl groups excluding tert-OH is 1. The minimum Gasteiger partial charge on any atom is -0.389 e. The highest BCUT2D eigenvalue weighted by atomic mass is 19.1. The zero-order valence-electron chi connectivity index (χ0n) is 12.5. The third kappa shape index (κ3) is 7.17. The van der Waals surface area contributed by atoms with Gasteiger partial charge in [-0.05, 0) is 6.07 Å². The highest BCUT2D eigenvalue weighted by Crippen LogP contribution is 2.07. The quantitative estimate of drug-likeness (QED) is 0.661. The molecule has 5 nitrogen and oxygen atoms in total. The van der Waals surface area contributed by atoms with Crippen LogP contribution in [-0.2, 0) is 16.1 Å². The van der Waals surface area contributed by atoms with Crippen LogP contribution in [0.3, 0.4) is 0 Å². The molecule has 1 rings (SSSR count). The van der Waals surface area contributed by atoms with Gasteiger partial charge in [0.15, 0.2) is 0 Å². The second-order valence-electron chi connectivity index (χ2n) is 5.00. The fourth-order valence-electron chi connectivity index (χ4n) is 1.67. The lowest BCUT2D eigenvalue weighted by Crippen LogP contribution is -2.33. The molecular weight excluding hydrogens is 275 g/mol. The van der Waals surface area contributed by atoms with Gasteiger partial charge in [0.25, 0.3) is 0 Å². The molecule has 0 heterocycles. The Morgan fingerprint density at radius 3 is 2.81 bits per heavy atom. The van der Waals surface area contributed by atoms with E-state index in [9.17, 15) is 14.3 Å². The van der Waals surface area contributed by atoms with Crippen molar-refractivity contribution in [2.24, 2.45) is 0 Å². The number of carbonyl (C=O) groups excluding carboxylic acids is 1. The topological polar surface area (TPSA) is 61.8 Å². The summed E-state index contributed by atoms with van der Waals surface area (Å²) < 4.78 is 18.6. The van der Waals surface area contributed by atoms with E-state index in [4.69, 9.17) is 4.74 Å². The van der Waals surface area contributed by atoms with Crippen molar-refractivity contribution in [2.75, 3.05) is 33.8 Å². The Morgan fingerprint density at radius 2 is 2.14 bits per heavy atom. The molecule has 1 amide bonds. The van der Waals surface area contributed by atoms with E-state index >= 15 is 0 Å². The van der Waals surface area contributed by atoms with E-state index in [1.165, 1.54) is 11.0 Å². The van der Waals surface area contributed by atoms with Crippen molar-refractivity contribution < 1.29 is 19.0 Å². The molecule has 1 atom stereocenters. The van der Waals surface area contributed by atoms with Gasteiger partial charge in [-0.1, -0.05) is 18.2 Å².